The molecule has 0 bridgehead atoms. The van der Waals surface area contributed by atoms with Crippen LogP contribution in [0.15, 0.2) is 12.3 Å². The van der Waals surface area contributed by atoms with Crippen LogP contribution in [-0.2, 0) is 4.74 Å². The summed E-state index contributed by atoms with van der Waals surface area (Å²) in [5.41, 5.74) is -0.334. The van der Waals surface area contributed by atoms with Gasteiger partial charge in [0.05, 0.1) is 12.3 Å². The van der Waals surface area contributed by atoms with Gasteiger partial charge >= 0.3 is 0 Å². The molecule has 6 heteroatoms. The van der Waals surface area contributed by atoms with Crippen LogP contribution in [0.1, 0.15) is 42.6 Å². The van der Waals surface area contributed by atoms with Crippen molar-refractivity contribution < 1.29 is 18.3 Å². The topological polar surface area (TPSA) is 51.2 Å². The number of nitrogens with zero attached hydrogens (tertiary/aromatic N) is 1. The first-order chi connectivity index (χ1) is 11.1. The first-order valence-corrected chi connectivity index (χ1v) is 8.38. The highest BCUT2D eigenvalue weighted by Crippen LogP contribution is 2.51. The van der Waals surface area contributed by atoms with Crippen molar-refractivity contribution in [3.8, 4) is 0 Å². The molecule has 124 valence electrons. The second-order valence-corrected chi connectivity index (χ2v) is 6.89. The van der Waals surface area contributed by atoms with Crippen molar-refractivity contribution in [2.75, 3.05) is 6.61 Å². The summed E-state index contributed by atoms with van der Waals surface area (Å²) in [5, 5.41) is 2.95. The highest BCUT2D eigenvalue weighted by molar-refractivity contribution is 5.92. The Labute approximate surface area is 133 Å². The summed E-state index contributed by atoms with van der Waals surface area (Å²) >= 11 is 0. The number of hydrogen-bond acceptors (Lipinski definition) is 3. The zero-order valence-corrected chi connectivity index (χ0v) is 12.8. The lowest BCUT2D eigenvalue weighted by molar-refractivity contribution is -0.0785. The minimum atomic E-state index is -0.918. The normalized spacial score (nSPS) is 33.3. The second kappa shape index (κ2) is 5.82. The van der Waals surface area contributed by atoms with Gasteiger partial charge in [-0.1, -0.05) is 25.7 Å². The number of amides is 1. The molecule has 1 aromatic rings. The van der Waals surface area contributed by atoms with Crippen LogP contribution >= 0.6 is 0 Å². The molecular weight excluding hydrogens is 302 g/mol. The van der Waals surface area contributed by atoms with Gasteiger partial charge in [0.15, 0.2) is 11.5 Å². The van der Waals surface area contributed by atoms with Gasteiger partial charge in [-0.2, -0.15) is 0 Å². The van der Waals surface area contributed by atoms with Crippen LogP contribution in [0.5, 0.6) is 0 Å². The molecule has 1 aromatic heterocycles. The molecule has 3 fully saturated rings. The van der Waals surface area contributed by atoms with Crippen molar-refractivity contribution >= 4 is 5.91 Å². The SMILES string of the molecule is O=C(NC1C2CCOC2C1C1CCCC1)c1ncc(F)cc1F. The van der Waals surface area contributed by atoms with Crippen LogP contribution < -0.4 is 5.32 Å². The zero-order valence-electron chi connectivity index (χ0n) is 12.8. The number of pyridine rings is 1. The number of carbonyl (C=O) groups excluding carboxylic acids is 1. The van der Waals surface area contributed by atoms with Gasteiger partial charge < -0.3 is 10.1 Å². The molecule has 4 atom stereocenters. The third-order valence-electron chi connectivity index (χ3n) is 5.70. The summed E-state index contributed by atoms with van der Waals surface area (Å²) in [7, 11) is 0. The van der Waals surface area contributed by atoms with Crippen LogP contribution in [-0.4, -0.2) is 29.6 Å². The van der Waals surface area contributed by atoms with Gasteiger partial charge in [-0.3, -0.25) is 4.79 Å². The lowest BCUT2D eigenvalue weighted by Gasteiger charge is -2.50. The molecule has 2 saturated carbocycles. The lowest BCUT2D eigenvalue weighted by atomic mass is 9.61. The maximum Gasteiger partial charge on any atom is 0.273 e. The van der Waals surface area contributed by atoms with Crippen molar-refractivity contribution in [2.45, 2.75) is 44.2 Å². The summed E-state index contributed by atoms with van der Waals surface area (Å²) in [6, 6.07) is 0.711. The molecule has 1 N–H and O–H groups in total. The van der Waals surface area contributed by atoms with Crippen LogP contribution in [0.4, 0.5) is 8.78 Å². The molecule has 0 spiro atoms. The highest BCUT2D eigenvalue weighted by atomic mass is 19.1. The Morgan fingerprint density at radius 1 is 1.26 bits per heavy atom. The van der Waals surface area contributed by atoms with Crippen LogP contribution in [0, 0.1) is 29.4 Å². The predicted molar refractivity (Wildman–Crippen MR) is 78.7 cm³/mol. The fourth-order valence-electron chi connectivity index (χ4n) is 4.66. The summed E-state index contributed by atoms with van der Waals surface area (Å²) in [6.45, 7) is 0.730. The van der Waals surface area contributed by atoms with E-state index in [1.54, 1.807) is 0 Å². The third-order valence-corrected chi connectivity index (χ3v) is 5.70. The zero-order chi connectivity index (χ0) is 16.0. The Balaban J connectivity index is 1.51. The minimum Gasteiger partial charge on any atom is -0.377 e. The maximum absolute atomic E-state index is 13.8. The number of rotatable bonds is 3. The Bertz CT molecular complexity index is 614. The van der Waals surface area contributed by atoms with E-state index >= 15 is 0 Å². The quantitative estimate of drug-likeness (QED) is 0.931. The van der Waals surface area contributed by atoms with Crippen LogP contribution in [0.25, 0.3) is 0 Å². The molecule has 23 heavy (non-hydrogen) atoms. The number of aromatic nitrogens is 1. The van der Waals surface area contributed by atoms with Gasteiger partial charge in [-0.15, -0.1) is 0 Å². The van der Waals surface area contributed by atoms with Gasteiger partial charge in [-0.25, -0.2) is 13.8 Å². The first-order valence-electron chi connectivity index (χ1n) is 8.38. The summed E-state index contributed by atoms with van der Waals surface area (Å²) in [4.78, 5) is 16.0. The van der Waals surface area contributed by atoms with Gasteiger partial charge in [0.2, 0.25) is 0 Å². The number of fused-ring (bicyclic) bond motifs is 1. The monoisotopic (exact) mass is 322 g/mol. The highest BCUT2D eigenvalue weighted by Gasteiger charge is 2.57. The molecule has 3 aliphatic rings. The molecule has 0 aromatic carbocycles. The fraction of sp³-hybridized carbons (Fsp3) is 0.647. The van der Waals surface area contributed by atoms with E-state index in [1.807, 2.05) is 0 Å². The van der Waals surface area contributed by atoms with Gasteiger partial charge in [0, 0.05) is 30.6 Å². The van der Waals surface area contributed by atoms with Crippen molar-refractivity contribution in [2.24, 2.45) is 17.8 Å². The van der Waals surface area contributed by atoms with E-state index in [1.165, 1.54) is 25.7 Å². The number of hydrogen-bond donors (Lipinski definition) is 1. The lowest BCUT2D eigenvalue weighted by Crippen LogP contribution is -2.63. The molecule has 4 unspecified atom stereocenters. The average molecular weight is 322 g/mol. The molecule has 0 radical (unpaired) electrons. The smallest absolute Gasteiger partial charge is 0.273 e. The third kappa shape index (κ3) is 2.53. The molecule has 2 heterocycles. The minimum absolute atomic E-state index is 0.0179. The Morgan fingerprint density at radius 2 is 2.04 bits per heavy atom. The molecule has 1 amide bonds. The fourth-order valence-corrected chi connectivity index (χ4v) is 4.66. The van der Waals surface area contributed by atoms with E-state index in [9.17, 15) is 13.6 Å². The largest absolute Gasteiger partial charge is 0.377 e. The van der Waals surface area contributed by atoms with E-state index in [2.05, 4.69) is 10.3 Å². The maximum atomic E-state index is 13.8. The van der Waals surface area contributed by atoms with E-state index in [-0.39, 0.29) is 17.8 Å². The summed E-state index contributed by atoms with van der Waals surface area (Å²) in [5.74, 6) is -1.05. The number of nitrogens with one attached hydrogen (secondary N) is 1. The van der Waals surface area contributed by atoms with Crippen LogP contribution in [0.2, 0.25) is 0 Å². The van der Waals surface area contributed by atoms with Crippen LogP contribution in [0.3, 0.4) is 0 Å². The van der Waals surface area contributed by atoms with Crippen molar-refractivity contribution in [3.05, 3.63) is 29.6 Å². The Kier molecular flexibility index (Phi) is 3.79. The second-order valence-electron chi connectivity index (χ2n) is 6.89. The average Bonchev–Trinajstić information content (AvgIpc) is 3.15. The van der Waals surface area contributed by atoms with E-state index in [0.717, 1.165) is 19.2 Å². The molecule has 1 saturated heterocycles. The van der Waals surface area contributed by atoms with E-state index < -0.39 is 17.5 Å². The molecule has 4 rings (SSSR count). The Morgan fingerprint density at radius 3 is 2.78 bits per heavy atom. The molecular formula is C17H20F2N2O2. The predicted octanol–water partition coefficient (Wildman–Crippen LogP) is 2.68. The van der Waals surface area contributed by atoms with Gasteiger partial charge in [-0.05, 0) is 12.3 Å². The van der Waals surface area contributed by atoms with Crippen molar-refractivity contribution in [1.29, 1.82) is 0 Å². The van der Waals surface area contributed by atoms with Gasteiger partial charge in [0.25, 0.3) is 5.91 Å². The van der Waals surface area contributed by atoms with Crippen molar-refractivity contribution in [3.63, 3.8) is 0 Å². The standard InChI is InChI=1S/C17H20F2N2O2/c18-10-7-12(19)15(20-8-10)17(22)21-14-11-5-6-23-16(11)13(14)9-3-1-2-4-9/h7-9,11,13-14,16H,1-6H2,(H,21,22). The number of halogens is 2. The molecule has 1 aliphatic heterocycles. The summed E-state index contributed by atoms with van der Waals surface area (Å²) in [6.07, 6.45) is 6.84. The Hall–Kier alpha value is -1.56. The molecule has 4 nitrogen and oxygen atoms in total. The molecule has 2 aliphatic carbocycles. The van der Waals surface area contributed by atoms with E-state index in [0.29, 0.717) is 23.8 Å². The van der Waals surface area contributed by atoms with Gasteiger partial charge in [0.1, 0.15) is 5.82 Å². The van der Waals surface area contributed by atoms with E-state index in [4.69, 9.17) is 4.74 Å². The summed E-state index contributed by atoms with van der Waals surface area (Å²) < 4.78 is 32.5. The first kappa shape index (κ1) is 15.0. The number of ether oxygens (including phenoxy) is 1. The van der Waals surface area contributed by atoms with Crippen molar-refractivity contribution in [1.82, 2.24) is 10.3 Å². The number of carbonyl (C=O) groups is 1.